The molecule has 0 nitrogen and oxygen atoms in total. The summed E-state index contributed by atoms with van der Waals surface area (Å²) in [7, 11) is 0. The van der Waals surface area contributed by atoms with E-state index in [1.165, 1.54) is 5.57 Å². The molecule has 84 valence electrons. The molecule has 0 saturated heterocycles. The van der Waals surface area contributed by atoms with Crippen LogP contribution in [0.3, 0.4) is 0 Å². The number of rotatable bonds is 0. The molecule has 14 heavy (non-hydrogen) atoms. The van der Waals surface area contributed by atoms with Crippen LogP contribution < -0.4 is 0 Å². The molecule has 0 bridgehead atoms. The molecule has 0 atom stereocenters. The zero-order valence-corrected chi connectivity index (χ0v) is 11.1. The Morgan fingerprint density at radius 3 is 1.79 bits per heavy atom. The van der Waals surface area contributed by atoms with Crippen LogP contribution in [0.2, 0.25) is 0 Å². The van der Waals surface area contributed by atoms with Crippen molar-refractivity contribution < 1.29 is 0 Å². The largest absolute Gasteiger partial charge is 0.0805 e. The second kappa shape index (κ2) is 22.8. The van der Waals surface area contributed by atoms with Crippen molar-refractivity contribution in [3.05, 3.63) is 36.0 Å². The average molecular weight is 196 g/mol. The van der Waals surface area contributed by atoms with E-state index in [-0.39, 0.29) is 0 Å². The van der Waals surface area contributed by atoms with E-state index in [0.29, 0.717) is 0 Å². The van der Waals surface area contributed by atoms with Crippen LogP contribution in [0.5, 0.6) is 0 Å². The molecule has 0 aromatic rings. The summed E-state index contributed by atoms with van der Waals surface area (Å²) in [5, 5.41) is 0. The number of hydrogen-bond donors (Lipinski definition) is 0. The standard InChI is InChI=1S/C8H10.3C2H6/c1-8-6-4-2-3-5-7-8;3*1-2/h2-6H,7H2,1H3;3*1-2H3. The molecular formula is C14H28. The molecule has 0 unspecified atom stereocenters. The highest BCUT2D eigenvalue weighted by molar-refractivity contribution is 5.21. The van der Waals surface area contributed by atoms with Crippen LogP contribution in [0.15, 0.2) is 36.0 Å². The van der Waals surface area contributed by atoms with Crippen LogP contribution >= 0.6 is 0 Å². The van der Waals surface area contributed by atoms with Crippen LogP contribution in [0.1, 0.15) is 54.9 Å². The van der Waals surface area contributed by atoms with Gasteiger partial charge in [-0.05, 0) is 13.3 Å². The summed E-state index contributed by atoms with van der Waals surface area (Å²) in [5.41, 5.74) is 1.43. The Bertz CT molecular complexity index is 147. The van der Waals surface area contributed by atoms with Gasteiger partial charge in [0.25, 0.3) is 0 Å². The first-order valence-electron chi connectivity index (χ1n) is 5.88. The second-order valence-corrected chi connectivity index (χ2v) is 2.03. The van der Waals surface area contributed by atoms with Crippen molar-refractivity contribution in [2.75, 3.05) is 0 Å². The lowest BCUT2D eigenvalue weighted by molar-refractivity contribution is 1.22. The van der Waals surface area contributed by atoms with Crippen molar-refractivity contribution in [3.8, 4) is 0 Å². The number of allylic oxidation sites excluding steroid dienone is 6. The van der Waals surface area contributed by atoms with Crippen molar-refractivity contribution in [1.82, 2.24) is 0 Å². The zero-order valence-electron chi connectivity index (χ0n) is 11.1. The van der Waals surface area contributed by atoms with Crippen LogP contribution in [0.25, 0.3) is 0 Å². The third-order valence-electron chi connectivity index (χ3n) is 1.18. The predicted octanol–water partition coefficient (Wildman–Crippen LogP) is 5.53. The van der Waals surface area contributed by atoms with Gasteiger partial charge in [0.1, 0.15) is 0 Å². The van der Waals surface area contributed by atoms with Gasteiger partial charge in [0.05, 0.1) is 0 Å². The van der Waals surface area contributed by atoms with Gasteiger partial charge < -0.3 is 0 Å². The lowest BCUT2D eigenvalue weighted by Crippen LogP contribution is -1.66. The lowest BCUT2D eigenvalue weighted by Gasteiger charge is -1.86. The van der Waals surface area contributed by atoms with Gasteiger partial charge in [-0.25, -0.2) is 0 Å². The summed E-state index contributed by atoms with van der Waals surface area (Å²) in [6.45, 7) is 14.1. The summed E-state index contributed by atoms with van der Waals surface area (Å²) < 4.78 is 0. The molecule has 0 aromatic carbocycles. The summed E-state index contributed by atoms with van der Waals surface area (Å²) in [6.07, 6.45) is 11.6. The third kappa shape index (κ3) is 17.3. The molecule has 0 heteroatoms. The Labute approximate surface area is 91.4 Å². The molecule has 1 rings (SSSR count). The van der Waals surface area contributed by atoms with Crippen LogP contribution in [0.4, 0.5) is 0 Å². The van der Waals surface area contributed by atoms with Crippen molar-refractivity contribution in [2.45, 2.75) is 54.9 Å². The van der Waals surface area contributed by atoms with Crippen molar-refractivity contribution in [1.29, 1.82) is 0 Å². The fraction of sp³-hybridized carbons (Fsp3) is 0.571. The van der Waals surface area contributed by atoms with Gasteiger partial charge in [-0.3, -0.25) is 0 Å². The molecule has 0 spiro atoms. The maximum absolute atomic E-state index is 2.16. The summed E-state index contributed by atoms with van der Waals surface area (Å²) >= 11 is 0. The summed E-state index contributed by atoms with van der Waals surface area (Å²) in [4.78, 5) is 0. The van der Waals surface area contributed by atoms with Crippen molar-refractivity contribution in [2.24, 2.45) is 0 Å². The maximum Gasteiger partial charge on any atom is -0.0135 e. The van der Waals surface area contributed by atoms with Gasteiger partial charge >= 0.3 is 0 Å². The Balaban J connectivity index is -0.000000174. The number of hydrogen-bond acceptors (Lipinski definition) is 0. The minimum atomic E-state index is 1.10. The Morgan fingerprint density at radius 1 is 0.786 bits per heavy atom. The van der Waals surface area contributed by atoms with E-state index in [0.717, 1.165) is 6.42 Å². The summed E-state index contributed by atoms with van der Waals surface area (Å²) in [5.74, 6) is 0. The molecule has 0 heterocycles. The minimum Gasteiger partial charge on any atom is -0.0805 e. The molecule has 0 aromatic heterocycles. The van der Waals surface area contributed by atoms with Crippen LogP contribution in [-0.4, -0.2) is 0 Å². The van der Waals surface area contributed by atoms with Gasteiger partial charge in [-0.15, -0.1) is 0 Å². The van der Waals surface area contributed by atoms with Gasteiger partial charge in [0, 0.05) is 0 Å². The minimum absolute atomic E-state index is 1.10. The highest BCUT2D eigenvalue weighted by Crippen LogP contribution is 2.03. The predicted molar refractivity (Wildman–Crippen MR) is 70.7 cm³/mol. The first kappa shape index (κ1) is 18.9. The van der Waals surface area contributed by atoms with E-state index in [1.54, 1.807) is 0 Å². The molecule has 0 aliphatic heterocycles. The molecular weight excluding hydrogens is 168 g/mol. The van der Waals surface area contributed by atoms with E-state index in [1.807, 2.05) is 41.5 Å². The molecule has 0 fully saturated rings. The van der Waals surface area contributed by atoms with Gasteiger partial charge in [0.15, 0.2) is 0 Å². The Morgan fingerprint density at radius 2 is 1.29 bits per heavy atom. The first-order valence-corrected chi connectivity index (χ1v) is 5.88. The second-order valence-electron chi connectivity index (χ2n) is 2.03. The van der Waals surface area contributed by atoms with Gasteiger partial charge in [0.2, 0.25) is 0 Å². The monoisotopic (exact) mass is 196 g/mol. The van der Waals surface area contributed by atoms with E-state index >= 15 is 0 Å². The summed E-state index contributed by atoms with van der Waals surface area (Å²) in [6, 6.07) is 0. The molecule has 0 radical (unpaired) electrons. The SMILES string of the molecule is CC.CC.CC.CC1=CC=CC=CC1. The van der Waals surface area contributed by atoms with Crippen molar-refractivity contribution in [3.63, 3.8) is 0 Å². The molecule has 1 aliphatic carbocycles. The van der Waals surface area contributed by atoms with Gasteiger partial charge in [-0.2, -0.15) is 0 Å². The molecule has 1 aliphatic rings. The van der Waals surface area contributed by atoms with E-state index in [2.05, 4.69) is 37.3 Å². The third-order valence-corrected chi connectivity index (χ3v) is 1.18. The van der Waals surface area contributed by atoms with Crippen molar-refractivity contribution >= 4 is 0 Å². The zero-order chi connectivity index (χ0) is 11.8. The molecule has 0 amide bonds. The topological polar surface area (TPSA) is 0 Å². The van der Waals surface area contributed by atoms with E-state index in [4.69, 9.17) is 0 Å². The van der Waals surface area contributed by atoms with Crippen LogP contribution in [0, 0.1) is 0 Å². The first-order chi connectivity index (χ1) is 6.89. The normalized spacial score (nSPS) is 11.5. The lowest BCUT2D eigenvalue weighted by atomic mass is 10.2. The smallest absolute Gasteiger partial charge is 0.0135 e. The van der Waals surface area contributed by atoms with E-state index < -0.39 is 0 Å². The van der Waals surface area contributed by atoms with Gasteiger partial charge in [-0.1, -0.05) is 77.5 Å². The fourth-order valence-electron chi connectivity index (χ4n) is 0.685. The molecule has 0 saturated carbocycles. The fourth-order valence-corrected chi connectivity index (χ4v) is 0.685. The van der Waals surface area contributed by atoms with E-state index in [9.17, 15) is 0 Å². The quantitative estimate of drug-likeness (QED) is 0.478. The Hall–Kier alpha value is -0.780. The highest BCUT2D eigenvalue weighted by atomic mass is 13.9. The molecule has 0 N–H and O–H groups in total. The Kier molecular flexibility index (Phi) is 30.7. The van der Waals surface area contributed by atoms with Crippen LogP contribution in [-0.2, 0) is 0 Å². The highest BCUT2D eigenvalue weighted by Gasteiger charge is 1.83. The maximum atomic E-state index is 2.16. The average Bonchev–Trinajstić information content (AvgIpc) is 2.54.